The lowest BCUT2D eigenvalue weighted by Crippen LogP contribution is -2.44. The largest absolute Gasteiger partial charge is 0.481 e. The Bertz CT molecular complexity index is 382. The van der Waals surface area contributed by atoms with Gasteiger partial charge in [0.2, 0.25) is 0 Å². The van der Waals surface area contributed by atoms with E-state index in [1.807, 2.05) is 20.8 Å². The number of ether oxygens (including phenoxy) is 1. The summed E-state index contributed by atoms with van der Waals surface area (Å²) < 4.78 is 5.49. The maximum Gasteiger partial charge on any atom is 0.311 e. The minimum atomic E-state index is -0.794. The van der Waals surface area contributed by atoms with Crippen LogP contribution in [0.1, 0.15) is 33.6 Å². The summed E-state index contributed by atoms with van der Waals surface area (Å²) in [6, 6.07) is 0. The van der Waals surface area contributed by atoms with Crippen molar-refractivity contribution in [2.75, 3.05) is 19.7 Å². The molecule has 2 saturated heterocycles. The van der Waals surface area contributed by atoms with E-state index in [0.29, 0.717) is 26.1 Å². The third-order valence-electron chi connectivity index (χ3n) is 4.77. The molecule has 0 aromatic carbocycles. The highest BCUT2D eigenvalue weighted by Gasteiger charge is 2.50. The van der Waals surface area contributed by atoms with Gasteiger partial charge in [-0.15, -0.1) is 0 Å². The molecule has 1 amide bonds. The monoisotopic (exact) mass is 269 g/mol. The van der Waals surface area contributed by atoms with Crippen LogP contribution in [-0.2, 0) is 14.3 Å². The van der Waals surface area contributed by atoms with E-state index in [1.165, 1.54) is 0 Å². The summed E-state index contributed by atoms with van der Waals surface area (Å²) in [7, 11) is 0. The molecule has 5 heteroatoms. The summed E-state index contributed by atoms with van der Waals surface area (Å²) in [5.74, 6) is -0.580. The zero-order valence-electron chi connectivity index (χ0n) is 11.9. The molecule has 2 fully saturated rings. The van der Waals surface area contributed by atoms with E-state index in [4.69, 9.17) is 4.74 Å². The number of hydrogen-bond acceptors (Lipinski definition) is 3. The number of amides is 1. The lowest BCUT2D eigenvalue weighted by Gasteiger charge is -2.29. The summed E-state index contributed by atoms with van der Waals surface area (Å²) >= 11 is 0. The van der Waals surface area contributed by atoms with E-state index in [9.17, 15) is 14.7 Å². The first kappa shape index (κ1) is 14.3. The maximum atomic E-state index is 12.4. The van der Waals surface area contributed by atoms with Gasteiger partial charge in [-0.25, -0.2) is 0 Å². The summed E-state index contributed by atoms with van der Waals surface area (Å²) in [5, 5.41) is 9.48. The Hall–Kier alpha value is -1.10. The second-order valence-corrected chi connectivity index (χ2v) is 6.18. The van der Waals surface area contributed by atoms with Crippen LogP contribution in [0.25, 0.3) is 0 Å². The molecule has 0 spiro atoms. The predicted molar refractivity (Wildman–Crippen MR) is 69.6 cm³/mol. The van der Waals surface area contributed by atoms with Gasteiger partial charge in [-0.2, -0.15) is 0 Å². The number of nitrogens with zero attached hydrogens (tertiary/aromatic N) is 1. The number of rotatable bonds is 3. The van der Waals surface area contributed by atoms with E-state index in [-0.39, 0.29) is 23.8 Å². The van der Waals surface area contributed by atoms with Crippen molar-refractivity contribution in [1.29, 1.82) is 0 Å². The molecular weight excluding hydrogens is 246 g/mol. The Morgan fingerprint density at radius 2 is 2.11 bits per heavy atom. The fraction of sp³-hybridized carbons (Fsp3) is 0.857. The van der Waals surface area contributed by atoms with Gasteiger partial charge < -0.3 is 14.7 Å². The van der Waals surface area contributed by atoms with Crippen LogP contribution in [0.3, 0.4) is 0 Å². The van der Waals surface area contributed by atoms with Gasteiger partial charge in [0.15, 0.2) is 0 Å². The number of aliphatic carboxylic acids is 1. The number of carbonyl (C=O) groups is 2. The fourth-order valence-corrected chi connectivity index (χ4v) is 3.11. The molecule has 0 bridgehead atoms. The molecule has 1 N–H and O–H groups in total. The highest BCUT2D eigenvalue weighted by atomic mass is 16.5. The van der Waals surface area contributed by atoms with Crippen molar-refractivity contribution in [3.63, 3.8) is 0 Å². The van der Waals surface area contributed by atoms with Crippen LogP contribution < -0.4 is 0 Å². The Kier molecular flexibility index (Phi) is 3.85. The first-order valence-electron chi connectivity index (χ1n) is 7.02. The second-order valence-electron chi connectivity index (χ2n) is 6.18. The topological polar surface area (TPSA) is 66.8 Å². The van der Waals surface area contributed by atoms with Crippen molar-refractivity contribution in [2.45, 2.75) is 39.7 Å². The van der Waals surface area contributed by atoms with Crippen molar-refractivity contribution in [3.8, 4) is 0 Å². The molecule has 0 aliphatic carbocycles. The Morgan fingerprint density at radius 1 is 1.42 bits per heavy atom. The normalized spacial score (nSPS) is 35.1. The second kappa shape index (κ2) is 5.12. The first-order valence-corrected chi connectivity index (χ1v) is 7.02. The molecular formula is C14H23NO4. The molecule has 19 heavy (non-hydrogen) atoms. The number of likely N-dealkylation sites (tertiary alicyclic amines) is 1. The van der Waals surface area contributed by atoms with Crippen LogP contribution in [-0.4, -0.2) is 47.7 Å². The maximum absolute atomic E-state index is 12.4. The van der Waals surface area contributed by atoms with Gasteiger partial charge in [0.05, 0.1) is 5.41 Å². The number of carboxylic acids is 1. The molecule has 108 valence electrons. The molecule has 0 radical (unpaired) electrons. The van der Waals surface area contributed by atoms with E-state index in [0.717, 1.165) is 6.42 Å². The smallest absolute Gasteiger partial charge is 0.311 e. The highest BCUT2D eigenvalue weighted by molar-refractivity contribution is 5.84. The van der Waals surface area contributed by atoms with Crippen LogP contribution in [0.5, 0.6) is 0 Å². The van der Waals surface area contributed by atoms with Crippen LogP contribution >= 0.6 is 0 Å². The van der Waals surface area contributed by atoms with E-state index >= 15 is 0 Å². The van der Waals surface area contributed by atoms with Gasteiger partial charge in [0.1, 0.15) is 6.10 Å². The van der Waals surface area contributed by atoms with Gasteiger partial charge in [-0.05, 0) is 24.7 Å². The zero-order chi connectivity index (χ0) is 14.2. The first-order chi connectivity index (χ1) is 8.88. The SMILES string of the molecule is CC1CCOC1C(=O)N1CCC(C(=O)O)(C(C)C)C1. The molecule has 2 aliphatic heterocycles. The summed E-state index contributed by atoms with van der Waals surface area (Å²) in [5.41, 5.74) is -0.794. The molecule has 3 atom stereocenters. The summed E-state index contributed by atoms with van der Waals surface area (Å²) in [4.78, 5) is 25.6. The standard InChI is InChI=1S/C14H23NO4/c1-9(2)14(13(17)18)5-6-15(8-14)12(16)11-10(3)4-7-19-11/h9-11H,4-8H2,1-3H3,(H,17,18). The van der Waals surface area contributed by atoms with Gasteiger partial charge in [-0.3, -0.25) is 9.59 Å². The Morgan fingerprint density at radius 3 is 2.53 bits per heavy atom. The molecule has 0 saturated carbocycles. The van der Waals surface area contributed by atoms with Crippen molar-refractivity contribution >= 4 is 11.9 Å². The minimum absolute atomic E-state index is 0.0183. The Balaban J connectivity index is 2.09. The number of carbonyl (C=O) groups excluding carboxylic acids is 1. The highest BCUT2D eigenvalue weighted by Crippen LogP contribution is 2.39. The third-order valence-corrected chi connectivity index (χ3v) is 4.77. The van der Waals surface area contributed by atoms with Gasteiger partial charge >= 0.3 is 5.97 Å². The van der Waals surface area contributed by atoms with Crippen molar-refractivity contribution in [1.82, 2.24) is 4.90 Å². The fourth-order valence-electron chi connectivity index (χ4n) is 3.11. The van der Waals surface area contributed by atoms with E-state index in [1.54, 1.807) is 4.90 Å². The van der Waals surface area contributed by atoms with Gasteiger partial charge in [0.25, 0.3) is 5.91 Å². The van der Waals surface area contributed by atoms with Crippen LogP contribution in [0.15, 0.2) is 0 Å². The van der Waals surface area contributed by atoms with Gasteiger partial charge in [-0.1, -0.05) is 20.8 Å². The Labute approximate surface area is 113 Å². The average molecular weight is 269 g/mol. The lowest BCUT2D eigenvalue weighted by atomic mass is 9.76. The molecule has 0 aromatic heterocycles. The van der Waals surface area contributed by atoms with E-state index in [2.05, 4.69) is 0 Å². The minimum Gasteiger partial charge on any atom is -0.481 e. The van der Waals surface area contributed by atoms with Crippen LogP contribution in [0, 0.1) is 17.3 Å². The molecule has 2 heterocycles. The summed E-state index contributed by atoms with van der Waals surface area (Å²) in [6.07, 6.45) is 1.06. The van der Waals surface area contributed by atoms with Crippen molar-refractivity contribution in [2.24, 2.45) is 17.3 Å². The summed E-state index contributed by atoms with van der Waals surface area (Å²) in [6.45, 7) is 7.30. The third kappa shape index (κ3) is 2.36. The lowest BCUT2D eigenvalue weighted by molar-refractivity contribution is -0.152. The molecule has 3 unspecified atom stereocenters. The van der Waals surface area contributed by atoms with Crippen LogP contribution in [0.2, 0.25) is 0 Å². The van der Waals surface area contributed by atoms with Crippen molar-refractivity contribution < 1.29 is 19.4 Å². The van der Waals surface area contributed by atoms with Crippen molar-refractivity contribution in [3.05, 3.63) is 0 Å². The molecule has 2 rings (SSSR count). The van der Waals surface area contributed by atoms with E-state index < -0.39 is 11.4 Å². The quantitative estimate of drug-likeness (QED) is 0.840. The molecule has 2 aliphatic rings. The van der Waals surface area contributed by atoms with Crippen LogP contribution in [0.4, 0.5) is 0 Å². The zero-order valence-corrected chi connectivity index (χ0v) is 11.9. The molecule has 5 nitrogen and oxygen atoms in total. The van der Waals surface area contributed by atoms with Gasteiger partial charge in [0, 0.05) is 19.7 Å². The predicted octanol–water partition coefficient (Wildman–Crippen LogP) is 1.37. The average Bonchev–Trinajstić information content (AvgIpc) is 2.94. The number of hydrogen-bond donors (Lipinski definition) is 1. The number of carboxylic acid groups (broad SMARTS) is 1. The molecule has 0 aromatic rings.